The Morgan fingerprint density at radius 1 is 1.36 bits per heavy atom. The first-order valence-corrected chi connectivity index (χ1v) is 7.89. The monoisotopic (exact) mass is 304 g/mol. The topological polar surface area (TPSA) is 60.9 Å². The summed E-state index contributed by atoms with van der Waals surface area (Å²) in [6.07, 6.45) is 1.37. The molecule has 2 unspecified atom stereocenters. The highest BCUT2D eigenvalue weighted by atomic mass is 16.4. The van der Waals surface area contributed by atoms with E-state index in [0.717, 1.165) is 18.5 Å². The molecule has 2 rings (SSSR count). The Kier molecular flexibility index (Phi) is 5.41. The van der Waals surface area contributed by atoms with Crippen molar-refractivity contribution in [3.05, 3.63) is 30.3 Å². The average molecular weight is 304 g/mol. The van der Waals surface area contributed by atoms with Crippen LogP contribution < -0.4 is 4.90 Å². The van der Waals surface area contributed by atoms with E-state index in [-0.39, 0.29) is 17.9 Å². The van der Waals surface area contributed by atoms with Crippen molar-refractivity contribution in [2.75, 3.05) is 18.0 Å². The first-order chi connectivity index (χ1) is 10.5. The van der Waals surface area contributed by atoms with Crippen LogP contribution in [-0.2, 0) is 4.79 Å². The third kappa shape index (κ3) is 3.59. The number of carbonyl (C=O) groups excluding carboxylic acids is 1. The molecule has 120 valence electrons. The zero-order valence-corrected chi connectivity index (χ0v) is 13.2. The van der Waals surface area contributed by atoms with Crippen molar-refractivity contribution >= 4 is 17.7 Å². The van der Waals surface area contributed by atoms with Gasteiger partial charge in [-0.1, -0.05) is 25.1 Å². The average Bonchev–Trinajstić information content (AvgIpc) is 2.55. The van der Waals surface area contributed by atoms with Gasteiger partial charge in [-0.25, -0.2) is 4.79 Å². The molecule has 2 amide bonds. The zero-order valence-electron chi connectivity index (χ0n) is 13.2. The molecule has 1 aliphatic heterocycles. The summed E-state index contributed by atoms with van der Waals surface area (Å²) in [7, 11) is 0. The second-order valence-electron chi connectivity index (χ2n) is 5.82. The fourth-order valence-corrected chi connectivity index (χ4v) is 3.15. The fraction of sp³-hybridized carbons (Fsp3) is 0.529. The maximum atomic E-state index is 12.4. The van der Waals surface area contributed by atoms with E-state index in [1.165, 1.54) is 4.90 Å². The van der Waals surface area contributed by atoms with Gasteiger partial charge in [0.1, 0.15) is 0 Å². The minimum atomic E-state index is -0.870. The lowest BCUT2D eigenvalue weighted by Crippen LogP contribution is -2.49. The van der Waals surface area contributed by atoms with E-state index in [9.17, 15) is 14.7 Å². The summed E-state index contributed by atoms with van der Waals surface area (Å²) in [5.74, 6) is 0.242. The van der Waals surface area contributed by atoms with Gasteiger partial charge in [0.05, 0.1) is 0 Å². The molecule has 1 aromatic rings. The molecule has 5 nitrogen and oxygen atoms in total. The smallest absolute Gasteiger partial charge is 0.407 e. The summed E-state index contributed by atoms with van der Waals surface area (Å²) in [6, 6.07) is 9.61. The minimum Gasteiger partial charge on any atom is -0.465 e. The summed E-state index contributed by atoms with van der Waals surface area (Å²) >= 11 is 0. The van der Waals surface area contributed by atoms with Crippen LogP contribution in [0.15, 0.2) is 30.3 Å². The first kappa shape index (κ1) is 16.3. The number of amides is 2. The Bertz CT molecular complexity index is 518. The van der Waals surface area contributed by atoms with Crippen molar-refractivity contribution in [1.29, 1.82) is 0 Å². The highest BCUT2D eigenvalue weighted by molar-refractivity contribution is 5.93. The quantitative estimate of drug-likeness (QED) is 0.929. The van der Waals surface area contributed by atoms with Crippen molar-refractivity contribution in [1.82, 2.24) is 4.90 Å². The van der Waals surface area contributed by atoms with Gasteiger partial charge >= 0.3 is 6.09 Å². The minimum absolute atomic E-state index is 0.0167. The Balaban J connectivity index is 2.20. The third-order valence-corrected chi connectivity index (χ3v) is 4.42. The molecule has 22 heavy (non-hydrogen) atoms. The number of para-hydroxylation sites is 1. The number of benzene rings is 1. The first-order valence-electron chi connectivity index (χ1n) is 7.89. The highest BCUT2D eigenvalue weighted by Gasteiger charge is 2.32. The van der Waals surface area contributed by atoms with Crippen molar-refractivity contribution in [2.45, 2.75) is 39.2 Å². The van der Waals surface area contributed by atoms with Crippen molar-refractivity contribution in [2.24, 2.45) is 5.92 Å². The number of rotatable bonds is 4. The molecule has 0 radical (unpaired) electrons. The Labute approximate surface area is 131 Å². The maximum Gasteiger partial charge on any atom is 0.407 e. The number of carbonyl (C=O) groups is 2. The van der Waals surface area contributed by atoms with Gasteiger partial charge in [-0.05, 0) is 37.8 Å². The standard InChI is InChI=1S/C17H24N2O3/c1-3-16(20)19(15-9-5-4-6-10-15)13(2)14-8-7-11-18(12-14)17(21)22/h4-6,9-10,13-14H,3,7-8,11-12H2,1-2H3,(H,21,22). The molecule has 1 N–H and O–H groups in total. The van der Waals surface area contributed by atoms with Gasteiger partial charge in [0, 0.05) is 31.2 Å². The van der Waals surface area contributed by atoms with Gasteiger partial charge in [-0.3, -0.25) is 4.79 Å². The van der Waals surface area contributed by atoms with Crippen molar-refractivity contribution in [3.8, 4) is 0 Å². The van der Waals surface area contributed by atoms with Crippen molar-refractivity contribution in [3.63, 3.8) is 0 Å². The van der Waals surface area contributed by atoms with Crippen LogP contribution in [0.3, 0.4) is 0 Å². The Morgan fingerprint density at radius 2 is 2.05 bits per heavy atom. The van der Waals surface area contributed by atoms with Crippen LogP contribution in [-0.4, -0.2) is 41.1 Å². The van der Waals surface area contributed by atoms with Gasteiger partial charge in [0.2, 0.25) is 5.91 Å². The van der Waals surface area contributed by atoms with Crippen LogP contribution in [0.25, 0.3) is 0 Å². The molecule has 1 aliphatic rings. The Morgan fingerprint density at radius 3 is 2.64 bits per heavy atom. The molecule has 1 aromatic carbocycles. The third-order valence-electron chi connectivity index (χ3n) is 4.42. The van der Waals surface area contributed by atoms with E-state index in [4.69, 9.17) is 0 Å². The second-order valence-corrected chi connectivity index (χ2v) is 5.82. The van der Waals surface area contributed by atoms with Crippen LogP contribution in [0, 0.1) is 5.92 Å². The number of carboxylic acid groups (broad SMARTS) is 1. The molecule has 0 aromatic heterocycles. The molecule has 1 saturated heterocycles. The molecular formula is C17H24N2O3. The van der Waals surface area contributed by atoms with E-state index in [1.54, 1.807) is 0 Å². The van der Waals surface area contributed by atoms with Gasteiger partial charge < -0.3 is 14.9 Å². The number of hydrogen-bond donors (Lipinski definition) is 1. The number of anilines is 1. The number of piperidine rings is 1. The predicted molar refractivity (Wildman–Crippen MR) is 86.0 cm³/mol. The van der Waals surface area contributed by atoms with Gasteiger partial charge in [-0.2, -0.15) is 0 Å². The van der Waals surface area contributed by atoms with Crippen LogP contribution in [0.1, 0.15) is 33.1 Å². The van der Waals surface area contributed by atoms with E-state index in [0.29, 0.717) is 19.5 Å². The largest absolute Gasteiger partial charge is 0.465 e. The lowest BCUT2D eigenvalue weighted by molar-refractivity contribution is -0.119. The lowest BCUT2D eigenvalue weighted by Gasteiger charge is -2.39. The fourth-order valence-electron chi connectivity index (χ4n) is 3.15. The predicted octanol–water partition coefficient (Wildman–Crippen LogP) is 3.21. The maximum absolute atomic E-state index is 12.4. The normalized spacial score (nSPS) is 19.5. The molecule has 1 fully saturated rings. The highest BCUT2D eigenvalue weighted by Crippen LogP contribution is 2.27. The van der Waals surface area contributed by atoms with Gasteiger partial charge in [0.15, 0.2) is 0 Å². The summed E-state index contributed by atoms with van der Waals surface area (Å²) in [4.78, 5) is 26.9. The summed E-state index contributed by atoms with van der Waals surface area (Å²) < 4.78 is 0. The van der Waals surface area contributed by atoms with Crippen molar-refractivity contribution < 1.29 is 14.7 Å². The zero-order chi connectivity index (χ0) is 16.1. The molecule has 0 aliphatic carbocycles. The SMILES string of the molecule is CCC(=O)N(c1ccccc1)C(C)C1CCCN(C(=O)O)C1. The lowest BCUT2D eigenvalue weighted by atomic mass is 9.90. The van der Waals surface area contributed by atoms with Crippen LogP contribution in [0.4, 0.5) is 10.5 Å². The molecule has 0 saturated carbocycles. The second kappa shape index (κ2) is 7.29. The summed E-state index contributed by atoms with van der Waals surface area (Å²) in [5.41, 5.74) is 0.884. The van der Waals surface area contributed by atoms with E-state index in [2.05, 4.69) is 0 Å². The van der Waals surface area contributed by atoms with Crippen LogP contribution in [0.5, 0.6) is 0 Å². The molecular weight excluding hydrogens is 280 g/mol. The van der Waals surface area contributed by atoms with Crippen LogP contribution in [0.2, 0.25) is 0 Å². The van der Waals surface area contributed by atoms with E-state index < -0.39 is 6.09 Å². The molecule has 0 spiro atoms. The van der Waals surface area contributed by atoms with Gasteiger partial charge in [0.25, 0.3) is 0 Å². The molecule has 0 bridgehead atoms. The number of nitrogens with zero attached hydrogens (tertiary/aromatic N) is 2. The number of likely N-dealkylation sites (tertiary alicyclic amines) is 1. The van der Waals surface area contributed by atoms with E-state index >= 15 is 0 Å². The summed E-state index contributed by atoms with van der Waals surface area (Å²) in [5, 5.41) is 9.19. The number of hydrogen-bond acceptors (Lipinski definition) is 2. The molecule has 1 heterocycles. The molecule has 5 heteroatoms. The van der Waals surface area contributed by atoms with Gasteiger partial charge in [-0.15, -0.1) is 0 Å². The Hall–Kier alpha value is -2.04. The molecule has 2 atom stereocenters. The van der Waals surface area contributed by atoms with Crippen LogP contribution >= 0.6 is 0 Å². The van der Waals surface area contributed by atoms with E-state index in [1.807, 2.05) is 49.1 Å². The summed E-state index contributed by atoms with van der Waals surface area (Å²) in [6.45, 7) is 4.97.